The van der Waals surface area contributed by atoms with Gasteiger partial charge in [0.25, 0.3) is 0 Å². The van der Waals surface area contributed by atoms with Gasteiger partial charge in [0.15, 0.2) is 0 Å². The lowest BCUT2D eigenvalue weighted by atomic mass is 9.65. The lowest BCUT2D eigenvalue weighted by Gasteiger charge is -2.44. The quantitative estimate of drug-likeness (QED) is 0.290. The van der Waals surface area contributed by atoms with Crippen LogP contribution < -0.4 is 10.2 Å². The molecule has 0 radical (unpaired) electrons. The lowest BCUT2D eigenvalue weighted by Crippen LogP contribution is -2.63. The Morgan fingerprint density at radius 1 is 0.902 bits per heavy atom. The van der Waals surface area contributed by atoms with Crippen LogP contribution in [0, 0.1) is 0 Å². The van der Waals surface area contributed by atoms with Crippen molar-refractivity contribution in [3.8, 4) is 0 Å². The Balaban J connectivity index is 1.35. The van der Waals surface area contributed by atoms with E-state index < -0.39 is 23.5 Å². The summed E-state index contributed by atoms with van der Waals surface area (Å²) in [6.45, 7) is 0.407. The van der Waals surface area contributed by atoms with Crippen molar-refractivity contribution < 1.29 is 23.5 Å². The molecule has 1 saturated carbocycles. The van der Waals surface area contributed by atoms with Gasteiger partial charge in [0.05, 0.1) is 18.8 Å². The molecule has 4 aromatic rings. The maximum Gasteiger partial charge on any atom is 0.374 e. The molecule has 7 heteroatoms. The lowest BCUT2D eigenvalue weighted by molar-refractivity contribution is -0.131. The van der Waals surface area contributed by atoms with Crippen LogP contribution in [-0.2, 0) is 32.7 Å². The van der Waals surface area contributed by atoms with Crippen molar-refractivity contribution in [1.29, 1.82) is 0 Å². The van der Waals surface area contributed by atoms with Gasteiger partial charge in [0.1, 0.15) is 11.5 Å². The van der Waals surface area contributed by atoms with Crippen molar-refractivity contribution in [2.75, 3.05) is 4.90 Å². The molecule has 0 bridgehead atoms. The zero-order valence-corrected chi connectivity index (χ0v) is 22.7. The highest BCUT2D eigenvalue weighted by molar-refractivity contribution is 6.09. The molecule has 1 aliphatic heterocycles. The summed E-state index contributed by atoms with van der Waals surface area (Å²) in [5.74, 6) is -0.802. The second-order valence-corrected chi connectivity index (χ2v) is 10.7. The van der Waals surface area contributed by atoms with Crippen LogP contribution >= 0.6 is 0 Å². The van der Waals surface area contributed by atoms with E-state index in [4.69, 9.17) is 9.15 Å². The molecule has 3 aromatic carbocycles. The number of para-hydroxylation sites is 1. The Labute approximate surface area is 239 Å². The molecule has 41 heavy (non-hydrogen) atoms. The van der Waals surface area contributed by atoms with Gasteiger partial charge in [0.2, 0.25) is 17.6 Å². The Kier molecular flexibility index (Phi) is 7.42. The third-order valence-corrected chi connectivity index (χ3v) is 8.23. The minimum Gasteiger partial charge on any atom is -0.457 e. The van der Waals surface area contributed by atoms with Crippen molar-refractivity contribution in [3.63, 3.8) is 0 Å². The molecule has 1 N–H and O–H groups in total. The topological polar surface area (TPSA) is 88.8 Å². The molecule has 208 valence electrons. The molecule has 1 aromatic heterocycles. The number of benzene rings is 3. The highest BCUT2D eigenvalue weighted by Crippen LogP contribution is 2.51. The van der Waals surface area contributed by atoms with E-state index in [0.29, 0.717) is 32.2 Å². The molecule has 2 heterocycles. The van der Waals surface area contributed by atoms with Gasteiger partial charge in [-0.2, -0.15) is 0 Å². The summed E-state index contributed by atoms with van der Waals surface area (Å²) in [5.41, 5.74) is 2.67. The molecule has 7 nitrogen and oxygen atoms in total. The smallest absolute Gasteiger partial charge is 0.374 e. The number of rotatable bonds is 8. The van der Waals surface area contributed by atoms with Crippen molar-refractivity contribution >= 4 is 23.5 Å². The minimum atomic E-state index is -1.07. The number of furan rings is 1. The van der Waals surface area contributed by atoms with E-state index in [9.17, 15) is 14.4 Å². The van der Waals surface area contributed by atoms with Crippen LogP contribution in [0.1, 0.15) is 52.9 Å². The molecule has 2 aliphatic rings. The van der Waals surface area contributed by atoms with Gasteiger partial charge >= 0.3 is 5.97 Å². The fraction of sp³-hybridized carbons (Fsp3) is 0.265. The number of fused-ring (bicyclic) bond motifs is 2. The van der Waals surface area contributed by atoms with E-state index in [-0.39, 0.29) is 24.0 Å². The van der Waals surface area contributed by atoms with Crippen LogP contribution in [0.5, 0.6) is 0 Å². The highest BCUT2D eigenvalue weighted by atomic mass is 16.6. The molecule has 1 aliphatic carbocycles. The number of ether oxygens (including phenoxy) is 1. The first-order valence-electron chi connectivity index (χ1n) is 14.1. The van der Waals surface area contributed by atoms with Gasteiger partial charge in [-0.15, -0.1) is 0 Å². The summed E-state index contributed by atoms with van der Waals surface area (Å²) in [4.78, 5) is 42.9. The summed E-state index contributed by atoms with van der Waals surface area (Å²) >= 11 is 0. The number of hydrogen-bond donors (Lipinski definition) is 1. The molecule has 0 unspecified atom stereocenters. The van der Waals surface area contributed by atoms with Gasteiger partial charge in [-0.1, -0.05) is 78.9 Å². The third-order valence-electron chi connectivity index (χ3n) is 8.23. The van der Waals surface area contributed by atoms with Gasteiger partial charge in [-0.05, 0) is 60.6 Å². The third kappa shape index (κ3) is 5.15. The molecule has 1 spiro atoms. The molecule has 1 fully saturated rings. The standard InChI is InChI=1S/C34H32N2O5/c37-30(20-19-24-11-3-1-4-12-24)35-31-28(41-32(38)29-18-10-22-40-29)17-9-21-34(31)26-15-7-8-16-27(26)36(33(34)39)23-25-13-5-2-6-14-25/h1-8,10-16,18,22,28,31H,9,17,19-21,23H2,(H,35,37)/t28-,31-,34+/m0/s1. The minimum absolute atomic E-state index is 0.0858. The van der Waals surface area contributed by atoms with E-state index in [1.165, 1.54) is 6.26 Å². The van der Waals surface area contributed by atoms with Gasteiger partial charge in [0, 0.05) is 12.1 Å². The van der Waals surface area contributed by atoms with Crippen LogP contribution in [0.3, 0.4) is 0 Å². The average molecular weight is 549 g/mol. The maximum atomic E-state index is 14.6. The van der Waals surface area contributed by atoms with Crippen LogP contribution in [0.25, 0.3) is 0 Å². The van der Waals surface area contributed by atoms with Crippen molar-refractivity contribution in [2.45, 2.75) is 56.2 Å². The van der Waals surface area contributed by atoms with Gasteiger partial charge in [-0.3, -0.25) is 9.59 Å². The van der Waals surface area contributed by atoms with E-state index in [1.54, 1.807) is 12.1 Å². The summed E-state index contributed by atoms with van der Waals surface area (Å²) in [7, 11) is 0. The number of nitrogens with one attached hydrogen (secondary N) is 1. The summed E-state index contributed by atoms with van der Waals surface area (Å²) in [5, 5.41) is 3.18. The maximum absolute atomic E-state index is 14.6. The van der Waals surface area contributed by atoms with Crippen molar-refractivity contribution in [2.24, 2.45) is 0 Å². The molecular weight excluding hydrogens is 516 g/mol. The second-order valence-electron chi connectivity index (χ2n) is 10.7. The fourth-order valence-electron chi connectivity index (χ4n) is 6.32. The van der Waals surface area contributed by atoms with Crippen molar-refractivity contribution in [1.82, 2.24) is 5.32 Å². The first kappa shape index (κ1) is 26.6. The SMILES string of the molecule is O=C(CCc1ccccc1)N[C@H]1[C@@H](OC(=O)c2ccco2)CCC[C@]12C(=O)N(Cc1ccccc1)c1ccccc12. The molecular formula is C34H32N2O5. The first-order chi connectivity index (χ1) is 20.1. The average Bonchev–Trinajstić information content (AvgIpc) is 3.63. The number of carbonyl (C=O) groups excluding carboxylic acids is 3. The normalized spacial score (nSPS) is 21.5. The van der Waals surface area contributed by atoms with Crippen LogP contribution in [0.2, 0.25) is 0 Å². The Morgan fingerprint density at radius 2 is 1.61 bits per heavy atom. The molecule has 2 amide bonds. The van der Waals surface area contributed by atoms with Crippen molar-refractivity contribution in [3.05, 3.63) is 126 Å². The van der Waals surface area contributed by atoms with Crippen LogP contribution in [-0.4, -0.2) is 29.9 Å². The van der Waals surface area contributed by atoms with Gasteiger partial charge in [-0.25, -0.2) is 4.79 Å². The molecule has 6 rings (SSSR count). The number of carbonyl (C=O) groups is 3. The molecule has 3 atom stereocenters. The Morgan fingerprint density at radius 3 is 2.34 bits per heavy atom. The highest BCUT2D eigenvalue weighted by Gasteiger charge is 2.60. The first-order valence-corrected chi connectivity index (χ1v) is 14.1. The van der Waals surface area contributed by atoms with Crippen LogP contribution in [0.4, 0.5) is 5.69 Å². The molecule has 0 saturated heterocycles. The predicted molar refractivity (Wildman–Crippen MR) is 154 cm³/mol. The zero-order chi connectivity index (χ0) is 28.2. The number of aryl methyl sites for hydroxylation is 1. The van der Waals surface area contributed by atoms with E-state index in [1.807, 2.05) is 89.8 Å². The Hall–Kier alpha value is -4.65. The summed E-state index contributed by atoms with van der Waals surface area (Å²) in [6.07, 6.45) is 3.23. The monoisotopic (exact) mass is 548 g/mol. The number of anilines is 1. The zero-order valence-electron chi connectivity index (χ0n) is 22.7. The summed E-state index contributed by atoms with van der Waals surface area (Å²) < 4.78 is 11.3. The van der Waals surface area contributed by atoms with E-state index >= 15 is 0 Å². The predicted octanol–water partition coefficient (Wildman–Crippen LogP) is 5.59. The second kappa shape index (κ2) is 11.5. The van der Waals surface area contributed by atoms with Crippen LogP contribution in [0.15, 0.2) is 108 Å². The fourth-order valence-corrected chi connectivity index (χ4v) is 6.32. The van der Waals surface area contributed by atoms with E-state index in [2.05, 4.69) is 5.32 Å². The largest absolute Gasteiger partial charge is 0.457 e. The number of amides is 2. The number of esters is 1. The number of hydrogen-bond acceptors (Lipinski definition) is 5. The Bertz CT molecular complexity index is 1520. The van der Waals surface area contributed by atoms with Gasteiger partial charge < -0.3 is 19.4 Å². The summed E-state index contributed by atoms with van der Waals surface area (Å²) in [6, 6.07) is 29.9. The van der Waals surface area contributed by atoms with E-state index in [0.717, 1.165) is 22.4 Å². The number of nitrogens with zero attached hydrogens (tertiary/aromatic N) is 1.